The van der Waals surface area contributed by atoms with Gasteiger partial charge in [0.25, 0.3) is 0 Å². The third-order valence-corrected chi connectivity index (χ3v) is 1.79. The number of hydrogen-bond acceptors (Lipinski definition) is 6. The van der Waals surface area contributed by atoms with Crippen LogP contribution in [0.2, 0.25) is 0 Å². The molecule has 1 amide bonds. The predicted molar refractivity (Wildman–Crippen MR) is 60.9 cm³/mol. The van der Waals surface area contributed by atoms with Crippen molar-refractivity contribution in [3.05, 3.63) is 5.76 Å². The molecule has 0 bridgehead atoms. The second-order valence-electron chi connectivity index (χ2n) is 4.50. The molecule has 94 valence electrons. The van der Waals surface area contributed by atoms with Gasteiger partial charge in [0, 0.05) is 0 Å². The maximum atomic E-state index is 11.4. The summed E-state index contributed by atoms with van der Waals surface area (Å²) >= 11 is 0. The van der Waals surface area contributed by atoms with E-state index in [1.807, 2.05) is 0 Å². The van der Waals surface area contributed by atoms with Crippen molar-refractivity contribution in [1.82, 2.24) is 5.16 Å². The van der Waals surface area contributed by atoms with Gasteiger partial charge in [-0.25, -0.2) is 4.79 Å². The molecular weight excluding hydrogens is 227 g/mol. The van der Waals surface area contributed by atoms with E-state index < -0.39 is 18.8 Å². The summed E-state index contributed by atoms with van der Waals surface area (Å²) in [6.07, 6.45) is -0.743. The van der Waals surface area contributed by atoms with Gasteiger partial charge in [0.05, 0.1) is 5.46 Å². The van der Waals surface area contributed by atoms with Gasteiger partial charge < -0.3 is 19.3 Å². The van der Waals surface area contributed by atoms with Gasteiger partial charge in [-0.3, -0.25) is 5.32 Å². The van der Waals surface area contributed by atoms with Gasteiger partial charge >= 0.3 is 13.2 Å². The maximum Gasteiger partial charge on any atom is 0.495 e. The average Bonchev–Trinajstić information content (AvgIpc) is 2.42. The number of amides is 1. The van der Waals surface area contributed by atoms with Crippen molar-refractivity contribution in [2.24, 2.45) is 0 Å². The lowest BCUT2D eigenvalue weighted by Gasteiger charge is -2.19. The Morgan fingerprint density at radius 3 is 2.53 bits per heavy atom. The Balaban J connectivity index is 2.79. The van der Waals surface area contributed by atoms with E-state index in [2.05, 4.69) is 10.5 Å². The molecule has 3 N–H and O–H groups in total. The smallest absolute Gasteiger partial charge is 0.444 e. The molecule has 1 aromatic rings. The molecule has 0 aliphatic heterocycles. The minimum Gasteiger partial charge on any atom is -0.444 e. The summed E-state index contributed by atoms with van der Waals surface area (Å²) in [5.41, 5.74) is -0.642. The minimum atomic E-state index is -1.77. The van der Waals surface area contributed by atoms with Crippen LogP contribution in [0.4, 0.5) is 10.6 Å². The van der Waals surface area contributed by atoms with Gasteiger partial charge in [-0.2, -0.15) is 0 Å². The van der Waals surface area contributed by atoms with Crippen LogP contribution in [0.25, 0.3) is 0 Å². The molecule has 7 nitrogen and oxygen atoms in total. The van der Waals surface area contributed by atoms with Crippen LogP contribution in [0.15, 0.2) is 4.52 Å². The van der Waals surface area contributed by atoms with Gasteiger partial charge in [0.15, 0.2) is 5.82 Å². The highest BCUT2D eigenvalue weighted by atomic mass is 16.6. The molecule has 0 radical (unpaired) electrons. The average molecular weight is 242 g/mol. The zero-order valence-corrected chi connectivity index (χ0v) is 10.1. The first-order valence-corrected chi connectivity index (χ1v) is 5.03. The molecular formula is C9H15BN2O5. The van der Waals surface area contributed by atoms with Crippen LogP contribution in [-0.4, -0.2) is 34.0 Å². The molecule has 0 unspecified atom stereocenters. The SMILES string of the molecule is Cc1onc(NC(=O)OC(C)(C)C)c1B(O)O. The normalized spacial score (nSPS) is 11.2. The second kappa shape index (κ2) is 4.76. The van der Waals surface area contributed by atoms with E-state index in [1.165, 1.54) is 6.92 Å². The molecule has 0 atom stereocenters. The van der Waals surface area contributed by atoms with E-state index in [9.17, 15) is 4.79 Å². The number of anilines is 1. The third kappa shape index (κ3) is 3.75. The second-order valence-corrected chi connectivity index (χ2v) is 4.50. The Morgan fingerprint density at radius 1 is 1.47 bits per heavy atom. The largest absolute Gasteiger partial charge is 0.495 e. The fourth-order valence-corrected chi connectivity index (χ4v) is 1.17. The monoisotopic (exact) mass is 242 g/mol. The number of hydrogen-bond donors (Lipinski definition) is 3. The first-order valence-electron chi connectivity index (χ1n) is 5.03. The molecule has 1 rings (SSSR count). The van der Waals surface area contributed by atoms with Crippen LogP contribution < -0.4 is 10.8 Å². The summed E-state index contributed by atoms with van der Waals surface area (Å²) in [5.74, 6) is 0.151. The summed E-state index contributed by atoms with van der Waals surface area (Å²) < 4.78 is 9.74. The van der Waals surface area contributed by atoms with Gasteiger partial charge in [0.2, 0.25) is 0 Å². The van der Waals surface area contributed by atoms with Crippen molar-refractivity contribution in [2.75, 3.05) is 5.32 Å². The quantitative estimate of drug-likeness (QED) is 0.631. The van der Waals surface area contributed by atoms with Crippen molar-refractivity contribution in [1.29, 1.82) is 0 Å². The van der Waals surface area contributed by atoms with Gasteiger partial charge in [0.1, 0.15) is 11.4 Å². The zero-order chi connectivity index (χ0) is 13.2. The number of aryl methyl sites for hydroxylation is 1. The molecule has 0 saturated carbocycles. The number of nitrogens with zero attached hydrogens (tertiary/aromatic N) is 1. The van der Waals surface area contributed by atoms with Crippen LogP contribution in [0.1, 0.15) is 26.5 Å². The highest BCUT2D eigenvalue weighted by Crippen LogP contribution is 2.10. The van der Waals surface area contributed by atoms with Crippen LogP contribution >= 0.6 is 0 Å². The summed E-state index contributed by atoms with van der Waals surface area (Å²) in [4.78, 5) is 11.4. The number of carbonyl (C=O) groups is 1. The lowest BCUT2D eigenvalue weighted by Crippen LogP contribution is -2.35. The molecule has 0 aromatic carbocycles. The van der Waals surface area contributed by atoms with Crippen LogP contribution in [0, 0.1) is 6.92 Å². The Kier molecular flexibility index (Phi) is 3.79. The zero-order valence-electron chi connectivity index (χ0n) is 10.1. The lowest BCUT2D eigenvalue weighted by atomic mass is 9.80. The van der Waals surface area contributed by atoms with E-state index >= 15 is 0 Å². The minimum absolute atomic E-state index is 0.0101. The van der Waals surface area contributed by atoms with Gasteiger partial charge in [-0.05, 0) is 27.7 Å². The number of nitrogens with one attached hydrogen (secondary N) is 1. The Hall–Kier alpha value is -1.54. The lowest BCUT2D eigenvalue weighted by molar-refractivity contribution is 0.0635. The molecule has 0 aliphatic carbocycles. The fraction of sp³-hybridized carbons (Fsp3) is 0.556. The van der Waals surface area contributed by atoms with Crippen molar-refractivity contribution >= 4 is 24.5 Å². The van der Waals surface area contributed by atoms with Crippen molar-refractivity contribution in [3.63, 3.8) is 0 Å². The summed E-state index contributed by atoms with van der Waals surface area (Å²) in [6.45, 7) is 6.63. The highest BCUT2D eigenvalue weighted by Gasteiger charge is 2.26. The summed E-state index contributed by atoms with van der Waals surface area (Å²) in [6, 6.07) is 0. The Morgan fingerprint density at radius 2 is 2.06 bits per heavy atom. The van der Waals surface area contributed by atoms with Crippen molar-refractivity contribution in [2.45, 2.75) is 33.3 Å². The third-order valence-electron chi connectivity index (χ3n) is 1.79. The number of aromatic nitrogens is 1. The van der Waals surface area contributed by atoms with Crippen LogP contribution in [-0.2, 0) is 4.74 Å². The van der Waals surface area contributed by atoms with Crippen molar-refractivity contribution < 1.29 is 24.1 Å². The van der Waals surface area contributed by atoms with E-state index in [1.54, 1.807) is 20.8 Å². The number of rotatable bonds is 2. The van der Waals surface area contributed by atoms with Gasteiger partial charge in [-0.15, -0.1) is 0 Å². The topological polar surface area (TPSA) is 105 Å². The van der Waals surface area contributed by atoms with Crippen LogP contribution in [0.3, 0.4) is 0 Å². The summed E-state index contributed by atoms with van der Waals surface area (Å²) in [7, 11) is -1.77. The van der Waals surface area contributed by atoms with Gasteiger partial charge in [-0.1, -0.05) is 5.16 Å². The molecule has 0 fully saturated rings. The van der Waals surface area contributed by atoms with E-state index in [0.717, 1.165) is 0 Å². The Bertz CT molecular complexity index is 410. The Labute approximate surface area is 98.9 Å². The molecule has 0 saturated heterocycles. The predicted octanol–water partition coefficient (Wildman–Crippen LogP) is 0.00982. The molecule has 0 spiro atoms. The molecule has 1 aromatic heterocycles. The molecule has 17 heavy (non-hydrogen) atoms. The first-order chi connectivity index (χ1) is 7.70. The molecule has 8 heteroatoms. The highest BCUT2D eigenvalue weighted by molar-refractivity contribution is 6.61. The van der Waals surface area contributed by atoms with E-state index in [0.29, 0.717) is 0 Å². The first kappa shape index (κ1) is 13.5. The standard InChI is InChI=1S/C9H15BN2O5/c1-5-6(10(14)15)7(12-17-5)11-8(13)16-9(2,3)4/h14-15H,1-4H3,(H,11,12,13). The number of ether oxygens (including phenoxy) is 1. The molecule has 1 heterocycles. The van der Waals surface area contributed by atoms with E-state index in [4.69, 9.17) is 19.3 Å². The van der Waals surface area contributed by atoms with E-state index in [-0.39, 0.29) is 17.0 Å². The maximum absolute atomic E-state index is 11.4. The van der Waals surface area contributed by atoms with Crippen LogP contribution in [0.5, 0.6) is 0 Å². The fourth-order valence-electron chi connectivity index (χ4n) is 1.17. The number of carbonyl (C=O) groups excluding carboxylic acids is 1. The summed E-state index contributed by atoms with van der Waals surface area (Å²) in [5, 5.41) is 23.9. The molecule has 0 aliphatic rings. The van der Waals surface area contributed by atoms with Crippen molar-refractivity contribution in [3.8, 4) is 0 Å².